The van der Waals surface area contributed by atoms with E-state index in [4.69, 9.17) is 5.11 Å². The zero-order chi connectivity index (χ0) is 13.8. The largest absolute Gasteiger partial charge is 0.477 e. The third kappa shape index (κ3) is 5.13. The van der Waals surface area contributed by atoms with Crippen molar-refractivity contribution < 1.29 is 23.1 Å². The number of aromatic nitrogens is 1. The van der Waals surface area contributed by atoms with Crippen molar-refractivity contribution in [2.24, 2.45) is 0 Å². The lowest BCUT2D eigenvalue weighted by molar-refractivity contribution is -0.139. The Morgan fingerprint density at radius 1 is 1.50 bits per heavy atom. The van der Waals surface area contributed by atoms with Gasteiger partial charge in [0.1, 0.15) is 5.69 Å². The molecule has 0 amide bonds. The topological polar surface area (TPSA) is 62.2 Å². The molecule has 1 aromatic heterocycles. The normalized spacial score (nSPS) is 13.3. The fourth-order valence-electron chi connectivity index (χ4n) is 1.40. The number of alkyl halides is 3. The third-order valence-corrected chi connectivity index (χ3v) is 2.20. The highest BCUT2D eigenvalue weighted by molar-refractivity contribution is 5.85. The number of pyridine rings is 1. The molecule has 1 rings (SSSR count). The Bertz CT molecular complexity index is 421. The molecule has 0 aliphatic rings. The van der Waals surface area contributed by atoms with E-state index in [1.54, 1.807) is 6.07 Å². The number of carbonyl (C=O) groups is 1. The summed E-state index contributed by atoms with van der Waals surface area (Å²) in [6.07, 6.45) is -5.16. The maximum atomic E-state index is 12.1. The first kappa shape index (κ1) is 14.4. The van der Waals surface area contributed by atoms with E-state index >= 15 is 0 Å². The molecule has 0 aliphatic carbocycles. The monoisotopic (exact) mass is 262 g/mol. The van der Waals surface area contributed by atoms with Crippen LogP contribution in [0.3, 0.4) is 0 Å². The predicted octanol–water partition coefficient (Wildman–Crippen LogP) is 2.21. The van der Waals surface area contributed by atoms with Crippen LogP contribution in [0.15, 0.2) is 18.2 Å². The lowest BCUT2D eigenvalue weighted by Gasteiger charge is -2.15. The number of nitrogens with zero attached hydrogens (tertiary/aromatic N) is 1. The Hall–Kier alpha value is -1.63. The number of carboxylic acid groups (broad SMARTS) is 1. The number of carboxylic acids is 1. The summed E-state index contributed by atoms with van der Waals surface area (Å²) in [6.45, 7) is 1.51. The molecule has 1 atom stereocenters. The van der Waals surface area contributed by atoms with Crippen molar-refractivity contribution in [1.29, 1.82) is 0 Å². The smallest absolute Gasteiger partial charge is 0.390 e. The van der Waals surface area contributed by atoms with Gasteiger partial charge < -0.3 is 10.4 Å². The molecule has 1 unspecified atom stereocenters. The summed E-state index contributed by atoms with van der Waals surface area (Å²) in [6, 6.07) is 3.63. The number of hydrogen-bond acceptors (Lipinski definition) is 3. The van der Waals surface area contributed by atoms with Crippen molar-refractivity contribution in [3.05, 3.63) is 29.6 Å². The van der Waals surface area contributed by atoms with E-state index in [9.17, 15) is 18.0 Å². The van der Waals surface area contributed by atoms with Crippen LogP contribution in [0, 0.1) is 0 Å². The predicted molar refractivity (Wildman–Crippen MR) is 58.2 cm³/mol. The van der Waals surface area contributed by atoms with Crippen LogP contribution in [0.25, 0.3) is 0 Å². The van der Waals surface area contributed by atoms with Crippen LogP contribution in [0.4, 0.5) is 13.2 Å². The van der Waals surface area contributed by atoms with Gasteiger partial charge in [-0.25, -0.2) is 9.78 Å². The number of aromatic carboxylic acids is 1. The molecule has 4 nitrogen and oxygen atoms in total. The van der Waals surface area contributed by atoms with Crippen LogP contribution in [0.2, 0.25) is 0 Å². The van der Waals surface area contributed by atoms with Gasteiger partial charge in [-0.2, -0.15) is 13.2 Å². The molecule has 0 spiro atoms. The van der Waals surface area contributed by atoms with E-state index in [1.165, 1.54) is 19.1 Å². The first-order valence-electron chi connectivity index (χ1n) is 5.27. The fraction of sp³-hybridized carbons (Fsp3) is 0.455. The first-order valence-corrected chi connectivity index (χ1v) is 5.27. The minimum atomic E-state index is -4.22. The molecule has 2 N–H and O–H groups in total. The molecule has 0 fully saturated rings. The highest BCUT2D eigenvalue weighted by Gasteiger charge is 2.29. The van der Waals surface area contributed by atoms with Gasteiger partial charge in [0, 0.05) is 12.6 Å². The summed E-state index contributed by atoms with van der Waals surface area (Å²) in [5.74, 6) is -1.17. The van der Waals surface area contributed by atoms with E-state index in [2.05, 4.69) is 10.3 Å². The number of rotatable bonds is 5. The minimum Gasteiger partial charge on any atom is -0.477 e. The average Bonchev–Trinajstić information content (AvgIpc) is 2.24. The molecule has 0 aliphatic heterocycles. The van der Waals surface area contributed by atoms with E-state index < -0.39 is 24.6 Å². The van der Waals surface area contributed by atoms with Crippen molar-refractivity contribution >= 4 is 5.97 Å². The van der Waals surface area contributed by atoms with Gasteiger partial charge in [0.15, 0.2) is 0 Å². The van der Waals surface area contributed by atoms with Crippen molar-refractivity contribution in [3.8, 4) is 0 Å². The van der Waals surface area contributed by atoms with Crippen molar-refractivity contribution in [2.45, 2.75) is 32.1 Å². The van der Waals surface area contributed by atoms with Gasteiger partial charge in [-0.15, -0.1) is 0 Å². The quantitative estimate of drug-likeness (QED) is 0.854. The number of nitrogens with one attached hydrogen (secondary N) is 1. The second kappa shape index (κ2) is 5.81. The second-order valence-electron chi connectivity index (χ2n) is 3.92. The summed E-state index contributed by atoms with van der Waals surface area (Å²) in [4.78, 5) is 14.4. The highest BCUT2D eigenvalue weighted by Crippen LogP contribution is 2.21. The second-order valence-corrected chi connectivity index (χ2v) is 3.92. The molecule has 0 radical (unpaired) electrons. The summed E-state index contributed by atoms with van der Waals surface area (Å²) in [5.41, 5.74) is 0.265. The Balaban J connectivity index is 2.53. The summed E-state index contributed by atoms with van der Waals surface area (Å²) in [5, 5.41) is 11.4. The van der Waals surface area contributed by atoms with Gasteiger partial charge >= 0.3 is 12.1 Å². The van der Waals surface area contributed by atoms with Gasteiger partial charge in [0.25, 0.3) is 0 Å². The summed E-state index contributed by atoms with van der Waals surface area (Å²) in [7, 11) is 0. The standard InChI is InChI=1S/C11H13F3N2O2/c1-7(5-11(12,13)14)15-6-8-3-2-4-9(16-8)10(17)18/h2-4,7,15H,5-6H2,1H3,(H,17,18). The molecular formula is C11H13F3N2O2. The molecule has 0 aromatic carbocycles. The van der Waals surface area contributed by atoms with E-state index in [-0.39, 0.29) is 12.2 Å². The Kier molecular flexibility index (Phi) is 4.66. The summed E-state index contributed by atoms with van der Waals surface area (Å²) >= 11 is 0. The average molecular weight is 262 g/mol. The molecule has 0 saturated heterocycles. The van der Waals surface area contributed by atoms with Gasteiger partial charge in [0.05, 0.1) is 12.1 Å². The van der Waals surface area contributed by atoms with Crippen molar-refractivity contribution in [3.63, 3.8) is 0 Å². The molecule has 0 saturated carbocycles. The van der Waals surface area contributed by atoms with Crippen LogP contribution in [-0.4, -0.2) is 28.3 Å². The van der Waals surface area contributed by atoms with Crippen LogP contribution in [0.5, 0.6) is 0 Å². The molecule has 18 heavy (non-hydrogen) atoms. The fourth-order valence-corrected chi connectivity index (χ4v) is 1.40. The molecule has 100 valence electrons. The van der Waals surface area contributed by atoms with E-state index in [1.807, 2.05) is 0 Å². The van der Waals surface area contributed by atoms with Crippen molar-refractivity contribution in [2.75, 3.05) is 0 Å². The van der Waals surface area contributed by atoms with Gasteiger partial charge in [-0.1, -0.05) is 6.07 Å². The molecule has 1 heterocycles. The summed E-state index contributed by atoms with van der Waals surface area (Å²) < 4.78 is 36.2. The van der Waals surface area contributed by atoms with Crippen LogP contribution < -0.4 is 5.32 Å². The van der Waals surface area contributed by atoms with Gasteiger partial charge in [0.2, 0.25) is 0 Å². The lowest BCUT2D eigenvalue weighted by Crippen LogP contribution is -2.31. The number of hydrogen-bond donors (Lipinski definition) is 2. The Labute approximate surface area is 102 Å². The molecule has 1 aromatic rings. The Morgan fingerprint density at radius 3 is 2.72 bits per heavy atom. The maximum Gasteiger partial charge on any atom is 0.390 e. The van der Waals surface area contributed by atoms with Crippen LogP contribution >= 0.6 is 0 Å². The lowest BCUT2D eigenvalue weighted by atomic mass is 10.2. The SMILES string of the molecule is CC(CC(F)(F)F)NCc1cccc(C(=O)O)n1. The minimum absolute atomic E-state index is 0.0956. The third-order valence-electron chi connectivity index (χ3n) is 2.20. The maximum absolute atomic E-state index is 12.1. The number of halogens is 3. The van der Waals surface area contributed by atoms with Crippen molar-refractivity contribution in [1.82, 2.24) is 10.3 Å². The van der Waals surface area contributed by atoms with E-state index in [0.29, 0.717) is 5.69 Å². The molecule has 0 bridgehead atoms. The van der Waals surface area contributed by atoms with E-state index in [0.717, 1.165) is 0 Å². The van der Waals surface area contributed by atoms with Gasteiger partial charge in [-0.3, -0.25) is 0 Å². The molecule has 7 heteroatoms. The highest BCUT2D eigenvalue weighted by atomic mass is 19.4. The van der Waals surface area contributed by atoms with Crippen LogP contribution in [0.1, 0.15) is 29.5 Å². The zero-order valence-corrected chi connectivity index (χ0v) is 9.66. The first-order chi connectivity index (χ1) is 8.28. The van der Waals surface area contributed by atoms with Crippen LogP contribution in [-0.2, 0) is 6.54 Å². The Morgan fingerprint density at radius 2 is 2.17 bits per heavy atom. The molecular weight excluding hydrogens is 249 g/mol. The van der Waals surface area contributed by atoms with Gasteiger partial charge in [-0.05, 0) is 19.1 Å². The zero-order valence-electron chi connectivity index (χ0n) is 9.66.